The van der Waals surface area contributed by atoms with Crippen LogP contribution in [0.1, 0.15) is 31.6 Å². The summed E-state index contributed by atoms with van der Waals surface area (Å²) >= 11 is 0. The summed E-state index contributed by atoms with van der Waals surface area (Å²) in [6.07, 6.45) is 0. The van der Waals surface area contributed by atoms with E-state index >= 15 is 0 Å². The number of aromatic nitrogens is 1. The summed E-state index contributed by atoms with van der Waals surface area (Å²) in [5.41, 5.74) is 7.11. The van der Waals surface area contributed by atoms with Crippen LogP contribution in [0.2, 0.25) is 0 Å². The molecule has 0 aliphatic rings. The minimum Gasteiger partial charge on any atom is -0.508 e. The lowest BCUT2D eigenvalue weighted by Gasteiger charge is -2.16. The van der Waals surface area contributed by atoms with Gasteiger partial charge in [0.05, 0.1) is 0 Å². The van der Waals surface area contributed by atoms with Gasteiger partial charge in [0.2, 0.25) is 0 Å². The number of nitrogens with two attached hydrogens (primary N) is 1. The van der Waals surface area contributed by atoms with Gasteiger partial charge in [-0.3, -0.25) is 4.79 Å². The van der Waals surface area contributed by atoms with Crippen molar-refractivity contribution in [2.24, 2.45) is 5.73 Å². The Morgan fingerprint density at radius 2 is 2.00 bits per heavy atom. The Morgan fingerprint density at radius 3 is 2.56 bits per heavy atom. The highest BCUT2D eigenvalue weighted by molar-refractivity contribution is 5.85. The first-order chi connectivity index (χ1) is 8.41. The van der Waals surface area contributed by atoms with Crippen molar-refractivity contribution in [3.05, 3.63) is 30.0 Å². The van der Waals surface area contributed by atoms with Crippen molar-refractivity contribution < 1.29 is 15.0 Å². The lowest BCUT2D eigenvalue weighted by atomic mass is 10.2. The van der Waals surface area contributed by atoms with Crippen LogP contribution < -0.4 is 5.73 Å². The zero-order valence-corrected chi connectivity index (χ0v) is 10.3. The lowest BCUT2D eigenvalue weighted by molar-refractivity contribution is -0.138. The molecule has 4 N–H and O–H groups in total. The van der Waals surface area contributed by atoms with Gasteiger partial charge in [-0.15, -0.1) is 0 Å². The molecule has 0 aliphatic heterocycles. The molecule has 5 heteroatoms. The van der Waals surface area contributed by atoms with Crippen LogP contribution in [-0.4, -0.2) is 20.7 Å². The van der Waals surface area contributed by atoms with Crippen molar-refractivity contribution in [2.45, 2.75) is 25.9 Å². The summed E-state index contributed by atoms with van der Waals surface area (Å²) in [6.45, 7) is 3.93. The first-order valence-electron chi connectivity index (χ1n) is 5.74. The van der Waals surface area contributed by atoms with Gasteiger partial charge in [0, 0.05) is 22.6 Å². The highest BCUT2D eigenvalue weighted by Crippen LogP contribution is 2.29. The van der Waals surface area contributed by atoms with Gasteiger partial charge in [-0.05, 0) is 38.1 Å². The van der Waals surface area contributed by atoms with Gasteiger partial charge in [0.15, 0.2) is 0 Å². The van der Waals surface area contributed by atoms with Crippen molar-refractivity contribution in [3.8, 4) is 5.75 Å². The van der Waals surface area contributed by atoms with Crippen LogP contribution in [0, 0.1) is 0 Å². The first-order valence-corrected chi connectivity index (χ1v) is 5.74. The third kappa shape index (κ3) is 1.93. The molecule has 5 nitrogen and oxygen atoms in total. The minimum absolute atomic E-state index is 0.0902. The van der Waals surface area contributed by atoms with Crippen molar-refractivity contribution in [1.82, 2.24) is 4.57 Å². The summed E-state index contributed by atoms with van der Waals surface area (Å²) in [5.74, 6) is -0.914. The number of carboxylic acids is 1. The summed E-state index contributed by atoms with van der Waals surface area (Å²) in [5, 5.41) is 19.3. The zero-order chi connectivity index (χ0) is 13.4. The highest BCUT2D eigenvalue weighted by atomic mass is 16.4. The highest BCUT2D eigenvalue weighted by Gasteiger charge is 2.22. The third-order valence-electron chi connectivity index (χ3n) is 2.95. The molecule has 1 aromatic heterocycles. The first kappa shape index (κ1) is 12.4. The molecule has 2 rings (SSSR count). The van der Waals surface area contributed by atoms with Crippen molar-refractivity contribution >= 4 is 16.9 Å². The third-order valence-corrected chi connectivity index (χ3v) is 2.95. The van der Waals surface area contributed by atoms with Crippen LogP contribution >= 0.6 is 0 Å². The van der Waals surface area contributed by atoms with Crippen LogP contribution in [0.25, 0.3) is 10.9 Å². The second kappa shape index (κ2) is 4.34. The fourth-order valence-corrected chi connectivity index (χ4v) is 2.19. The number of aliphatic carboxylic acids is 1. The molecule has 0 amide bonds. The average molecular weight is 248 g/mol. The van der Waals surface area contributed by atoms with E-state index in [-0.39, 0.29) is 11.8 Å². The summed E-state index contributed by atoms with van der Waals surface area (Å²) in [4.78, 5) is 11.0. The predicted octanol–water partition coefficient (Wildman–Crippen LogP) is 2.01. The van der Waals surface area contributed by atoms with Gasteiger partial charge >= 0.3 is 5.97 Å². The van der Waals surface area contributed by atoms with Gasteiger partial charge in [-0.25, -0.2) is 0 Å². The molecule has 1 aromatic carbocycles. The summed E-state index contributed by atoms with van der Waals surface area (Å²) in [7, 11) is 0. The van der Waals surface area contributed by atoms with Gasteiger partial charge < -0.3 is 20.5 Å². The van der Waals surface area contributed by atoms with Crippen molar-refractivity contribution in [3.63, 3.8) is 0 Å². The fourth-order valence-electron chi connectivity index (χ4n) is 2.19. The molecule has 2 aromatic rings. The van der Waals surface area contributed by atoms with E-state index in [1.807, 2.05) is 18.4 Å². The van der Waals surface area contributed by atoms with Crippen LogP contribution in [0.15, 0.2) is 24.3 Å². The Kier molecular flexibility index (Phi) is 3.00. The fraction of sp³-hybridized carbons (Fsp3) is 0.308. The number of carboxylic acid groups (broad SMARTS) is 1. The standard InChI is InChI=1S/C13H16N2O3/c1-7(2)15-10-4-3-9(16)5-8(10)6-11(15)12(14)13(17)18/h3-7,12,16H,14H2,1-2H3,(H,17,18). The van der Waals surface area contributed by atoms with Gasteiger partial charge in [0.1, 0.15) is 11.8 Å². The number of hydrogen-bond acceptors (Lipinski definition) is 3. The van der Waals surface area contributed by atoms with E-state index in [9.17, 15) is 9.90 Å². The number of fused-ring (bicyclic) bond motifs is 1. The second-order valence-electron chi connectivity index (χ2n) is 4.59. The Bertz CT molecular complexity index is 602. The Morgan fingerprint density at radius 1 is 1.33 bits per heavy atom. The van der Waals surface area contributed by atoms with E-state index < -0.39 is 12.0 Å². The average Bonchev–Trinajstić information content (AvgIpc) is 2.65. The van der Waals surface area contributed by atoms with E-state index in [0.29, 0.717) is 5.69 Å². The van der Waals surface area contributed by atoms with E-state index in [1.54, 1.807) is 24.3 Å². The van der Waals surface area contributed by atoms with Crippen LogP contribution in [0.5, 0.6) is 5.75 Å². The second-order valence-corrected chi connectivity index (χ2v) is 4.59. The Hall–Kier alpha value is -2.01. The van der Waals surface area contributed by atoms with Crippen molar-refractivity contribution in [1.29, 1.82) is 0 Å². The minimum atomic E-state index is -1.07. The summed E-state index contributed by atoms with van der Waals surface area (Å²) in [6, 6.07) is 5.69. The van der Waals surface area contributed by atoms with E-state index in [0.717, 1.165) is 10.9 Å². The largest absolute Gasteiger partial charge is 0.508 e. The Labute approximate surface area is 104 Å². The van der Waals surface area contributed by atoms with E-state index in [2.05, 4.69) is 0 Å². The molecule has 1 heterocycles. The molecule has 0 bridgehead atoms. The molecular formula is C13H16N2O3. The number of aromatic hydroxyl groups is 1. The van der Waals surface area contributed by atoms with Crippen LogP contribution in [-0.2, 0) is 4.79 Å². The van der Waals surface area contributed by atoms with Crippen LogP contribution in [0.3, 0.4) is 0 Å². The molecule has 0 aliphatic carbocycles. The number of phenols is 1. The molecule has 1 unspecified atom stereocenters. The topological polar surface area (TPSA) is 88.5 Å². The number of hydrogen-bond donors (Lipinski definition) is 3. The lowest BCUT2D eigenvalue weighted by Crippen LogP contribution is -2.24. The molecule has 0 spiro atoms. The maximum absolute atomic E-state index is 11.0. The monoisotopic (exact) mass is 248 g/mol. The maximum Gasteiger partial charge on any atom is 0.326 e. The van der Waals surface area contributed by atoms with E-state index in [1.165, 1.54) is 0 Å². The molecule has 18 heavy (non-hydrogen) atoms. The molecular weight excluding hydrogens is 232 g/mol. The predicted molar refractivity (Wildman–Crippen MR) is 68.6 cm³/mol. The van der Waals surface area contributed by atoms with Gasteiger partial charge in [-0.2, -0.15) is 0 Å². The van der Waals surface area contributed by atoms with Gasteiger partial charge in [0.25, 0.3) is 0 Å². The molecule has 0 fully saturated rings. The summed E-state index contributed by atoms with van der Waals surface area (Å²) < 4.78 is 1.88. The number of nitrogens with zero attached hydrogens (tertiary/aromatic N) is 1. The number of benzene rings is 1. The molecule has 0 saturated heterocycles. The number of rotatable bonds is 3. The quantitative estimate of drug-likeness (QED) is 0.775. The molecule has 96 valence electrons. The molecule has 0 radical (unpaired) electrons. The smallest absolute Gasteiger partial charge is 0.326 e. The molecule has 0 saturated carbocycles. The zero-order valence-electron chi connectivity index (χ0n) is 10.3. The van der Waals surface area contributed by atoms with E-state index in [4.69, 9.17) is 10.8 Å². The van der Waals surface area contributed by atoms with Gasteiger partial charge in [-0.1, -0.05) is 0 Å². The normalized spacial score (nSPS) is 13.1. The molecule has 1 atom stereocenters. The van der Waals surface area contributed by atoms with Crippen LogP contribution in [0.4, 0.5) is 0 Å². The number of carbonyl (C=O) groups is 1. The van der Waals surface area contributed by atoms with Crippen molar-refractivity contribution in [2.75, 3.05) is 0 Å². The Balaban J connectivity index is 2.72. The number of phenolic OH excluding ortho intramolecular Hbond substituents is 1. The SMILES string of the molecule is CC(C)n1c(C(N)C(=O)O)cc2cc(O)ccc21. The maximum atomic E-state index is 11.0.